The highest BCUT2D eigenvalue weighted by Gasteiger charge is 2.52. The van der Waals surface area contributed by atoms with Crippen LogP contribution in [0.2, 0.25) is 0 Å². The normalized spacial score (nSPS) is 27.0. The Hall–Kier alpha value is -0.240. The molecule has 6 heteroatoms. The van der Waals surface area contributed by atoms with Gasteiger partial charge in [0.1, 0.15) is 11.2 Å². The van der Waals surface area contributed by atoms with Crippen LogP contribution in [-0.2, 0) is 28.4 Å². The highest BCUT2D eigenvalue weighted by Crippen LogP contribution is 2.40. The Morgan fingerprint density at radius 1 is 0.444 bits per heavy atom. The van der Waals surface area contributed by atoms with Crippen LogP contribution in [0.1, 0.15) is 118 Å². The van der Waals surface area contributed by atoms with Gasteiger partial charge in [0.15, 0.2) is 0 Å². The van der Waals surface area contributed by atoms with Crippen molar-refractivity contribution in [1.29, 1.82) is 0 Å². The van der Waals surface area contributed by atoms with E-state index < -0.39 is 0 Å². The lowest BCUT2D eigenvalue weighted by Gasteiger charge is -2.10. The van der Waals surface area contributed by atoms with E-state index in [0.29, 0.717) is 12.2 Å². The molecule has 0 N–H and O–H groups in total. The lowest BCUT2D eigenvalue weighted by Crippen LogP contribution is -2.21. The molecule has 0 bridgehead atoms. The van der Waals surface area contributed by atoms with Crippen LogP contribution in [0.5, 0.6) is 0 Å². The molecule has 2 rings (SSSR count). The molecule has 0 amide bonds. The zero-order valence-electron chi connectivity index (χ0n) is 24.2. The summed E-state index contributed by atoms with van der Waals surface area (Å²) in [6.45, 7) is 15.4. The fraction of sp³-hybridized carbons (Fsp3) is 1.00. The largest absolute Gasteiger partial charge is 0.381 e. The summed E-state index contributed by atoms with van der Waals surface area (Å²) in [6, 6.07) is 0. The predicted molar refractivity (Wildman–Crippen MR) is 146 cm³/mol. The van der Waals surface area contributed by atoms with Gasteiger partial charge in [0.05, 0.1) is 25.4 Å². The van der Waals surface area contributed by atoms with Crippen molar-refractivity contribution < 1.29 is 28.4 Å². The van der Waals surface area contributed by atoms with Gasteiger partial charge in [-0.15, -0.1) is 0 Å². The molecule has 2 saturated heterocycles. The molecule has 0 aliphatic carbocycles. The van der Waals surface area contributed by atoms with Crippen LogP contribution < -0.4 is 0 Å². The summed E-state index contributed by atoms with van der Waals surface area (Å²) in [5.74, 6) is 0. The van der Waals surface area contributed by atoms with Crippen molar-refractivity contribution in [2.24, 2.45) is 0 Å². The van der Waals surface area contributed by atoms with E-state index in [1.165, 1.54) is 51.4 Å². The quantitative estimate of drug-likeness (QED) is 0.0880. The first kappa shape index (κ1) is 32.0. The Balaban J connectivity index is 1.17. The molecule has 2 aliphatic rings. The van der Waals surface area contributed by atoms with E-state index in [1.807, 2.05) is 0 Å². The van der Waals surface area contributed by atoms with E-state index in [4.69, 9.17) is 28.4 Å². The van der Waals surface area contributed by atoms with Gasteiger partial charge in [-0.05, 0) is 65.2 Å². The maximum atomic E-state index is 5.81. The van der Waals surface area contributed by atoms with E-state index in [9.17, 15) is 0 Å². The molecule has 0 spiro atoms. The van der Waals surface area contributed by atoms with Crippen LogP contribution in [0.4, 0.5) is 0 Å². The topological polar surface area (TPSA) is 62.0 Å². The van der Waals surface area contributed by atoms with Gasteiger partial charge < -0.3 is 28.4 Å². The Morgan fingerprint density at radius 2 is 0.694 bits per heavy atom. The molecule has 6 nitrogen and oxygen atoms in total. The van der Waals surface area contributed by atoms with Crippen molar-refractivity contribution in [3.63, 3.8) is 0 Å². The molecule has 4 atom stereocenters. The predicted octanol–water partition coefficient (Wildman–Crippen LogP) is 6.87. The minimum Gasteiger partial charge on any atom is -0.381 e. The van der Waals surface area contributed by atoms with Gasteiger partial charge >= 0.3 is 0 Å². The first-order chi connectivity index (χ1) is 17.6. The average Bonchev–Trinajstić information content (AvgIpc) is 3.75. The third-order valence-electron chi connectivity index (χ3n) is 8.06. The number of epoxide rings is 2. The maximum Gasteiger partial charge on any atom is 0.117 e. The number of unbranched alkanes of at least 4 members (excludes halogenated alkanes) is 9. The van der Waals surface area contributed by atoms with E-state index in [2.05, 4.69) is 27.7 Å². The standard InChI is InChI=1S/C30H58O6/c1-5-29(27(3)35-29)25-33-23-17-11-9-15-21-31-19-13-7-8-14-20-32-22-16-10-12-18-24-34-26-30(6-2)28(4)36-30/h27-28H,5-26H2,1-4H3. The van der Waals surface area contributed by atoms with Gasteiger partial charge in [-0.25, -0.2) is 0 Å². The highest BCUT2D eigenvalue weighted by atomic mass is 16.6. The number of hydrogen-bond donors (Lipinski definition) is 0. The van der Waals surface area contributed by atoms with Crippen molar-refractivity contribution in [3.05, 3.63) is 0 Å². The Morgan fingerprint density at radius 3 is 0.917 bits per heavy atom. The molecule has 0 saturated carbocycles. The fourth-order valence-electron chi connectivity index (χ4n) is 4.86. The van der Waals surface area contributed by atoms with Crippen molar-refractivity contribution in [2.45, 2.75) is 141 Å². The lowest BCUT2D eigenvalue weighted by molar-refractivity contribution is 0.0734. The smallest absolute Gasteiger partial charge is 0.117 e. The lowest BCUT2D eigenvalue weighted by atomic mass is 10.0. The zero-order valence-corrected chi connectivity index (χ0v) is 24.2. The van der Waals surface area contributed by atoms with Gasteiger partial charge in [-0.2, -0.15) is 0 Å². The van der Waals surface area contributed by atoms with Crippen LogP contribution >= 0.6 is 0 Å². The highest BCUT2D eigenvalue weighted by molar-refractivity contribution is 4.99. The summed E-state index contributed by atoms with van der Waals surface area (Å²) in [5.41, 5.74) is 0.0560. The summed E-state index contributed by atoms with van der Waals surface area (Å²) < 4.78 is 34.5. The van der Waals surface area contributed by atoms with E-state index >= 15 is 0 Å². The summed E-state index contributed by atoms with van der Waals surface area (Å²) in [7, 11) is 0. The summed E-state index contributed by atoms with van der Waals surface area (Å²) >= 11 is 0. The van der Waals surface area contributed by atoms with Crippen LogP contribution in [0.15, 0.2) is 0 Å². The van der Waals surface area contributed by atoms with E-state index in [-0.39, 0.29) is 11.2 Å². The summed E-state index contributed by atoms with van der Waals surface area (Å²) in [5, 5.41) is 0. The first-order valence-corrected chi connectivity index (χ1v) is 15.2. The molecule has 0 radical (unpaired) electrons. The monoisotopic (exact) mass is 514 g/mol. The molecule has 2 fully saturated rings. The van der Waals surface area contributed by atoms with Crippen LogP contribution in [0.25, 0.3) is 0 Å². The van der Waals surface area contributed by atoms with Gasteiger partial charge in [0.25, 0.3) is 0 Å². The molecule has 0 aromatic rings. The SMILES string of the molecule is CCC1(COCCCCCCOCCCCCCOCCCCCCOCC2(CC)OC2C)OC1C. The second-order valence-corrected chi connectivity index (χ2v) is 10.9. The van der Waals surface area contributed by atoms with Crippen LogP contribution in [0, 0.1) is 0 Å². The molecular weight excluding hydrogens is 456 g/mol. The average molecular weight is 515 g/mol. The van der Waals surface area contributed by atoms with E-state index in [0.717, 1.165) is 91.4 Å². The second-order valence-electron chi connectivity index (χ2n) is 10.9. The van der Waals surface area contributed by atoms with Gasteiger partial charge in [-0.1, -0.05) is 52.4 Å². The molecule has 0 aromatic heterocycles. The molecule has 214 valence electrons. The first-order valence-electron chi connectivity index (χ1n) is 15.2. The molecule has 0 aromatic carbocycles. The minimum atomic E-state index is 0.0280. The fourth-order valence-corrected chi connectivity index (χ4v) is 4.86. The summed E-state index contributed by atoms with van der Waals surface area (Å²) in [6.07, 6.45) is 17.2. The second kappa shape index (κ2) is 18.9. The summed E-state index contributed by atoms with van der Waals surface area (Å²) in [4.78, 5) is 0. The van der Waals surface area contributed by atoms with Gasteiger partial charge in [0.2, 0.25) is 0 Å². The Kier molecular flexibility index (Phi) is 16.8. The molecule has 2 heterocycles. The van der Waals surface area contributed by atoms with Gasteiger partial charge in [-0.3, -0.25) is 0 Å². The molecule has 2 aliphatic heterocycles. The van der Waals surface area contributed by atoms with E-state index in [1.54, 1.807) is 0 Å². The molecular formula is C30H58O6. The molecule has 4 unspecified atom stereocenters. The van der Waals surface area contributed by atoms with Crippen LogP contribution in [0.3, 0.4) is 0 Å². The van der Waals surface area contributed by atoms with Crippen molar-refractivity contribution in [1.82, 2.24) is 0 Å². The molecule has 36 heavy (non-hydrogen) atoms. The third-order valence-corrected chi connectivity index (χ3v) is 8.06. The Labute approximate surface area is 222 Å². The van der Waals surface area contributed by atoms with Gasteiger partial charge in [0, 0.05) is 39.6 Å². The number of ether oxygens (including phenoxy) is 6. The van der Waals surface area contributed by atoms with Crippen molar-refractivity contribution in [3.8, 4) is 0 Å². The minimum absolute atomic E-state index is 0.0280. The Bertz CT molecular complexity index is 478. The number of rotatable bonds is 27. The maximum absolute atomic E-state index is 5.81. The zero-order chi connectivity index (χ0) is 26.0. The van der Waals surface area contributed by atoms with Crippen molar-refractivity contribution >= 4 is 0 Å². The third kappa shape index (κ3) is 13.0. The van der Waals surface area contributed by atoms with Crippen molar-refractivity contribution in [2.75, 3.05) is 52.9 Å². The van der Waals surface area contributed by atoms with Crippen LogP contribution in [-0.4, -0.2) is 76.3 Å². The number of hydrogen-bond acceptors (Lipinski definition) is 6.